The van der Waals surface area contributed by atoms with E-state index in [1.165, 1.54) is 6.07 Å². The number of aliphatic hydroxyl groups is 1. The first kappa shape index (κ1) is 14.9. The number of rotatable bonds is 2. The van der Waals surface area contributed by atoms with Gasteiger partial charge in [-0.2, -0.15) is 0 Å². The molecule has 0 aliphatic heterocycles. The van der Waals surface area contributed by atoms with Crippen molar-refractivity contribution in [2.45, 2.75) is 0 Å². The molecule has 0 radical (unpaired) electrons. The second-order valence-corrected chi connectivity index (χ2v) is 4.38. The SMILES string of the molecule is O=C(Nc1ccc(Cl)cc1C#CCO)c1ccc(=O)oc1. The molecule has 0 aliphatic rings. The number of amides is 1. The molecule has 0 fully saturated rings. The fraction of sp³-hybridized carbons (Fsp3) is 0.0667. The van der Waals surface area contributed by atoms with E-state index in [1.807, 2.05) is 0 Å². The predicted molar refractivity (Wildman–Crippen MR) is 78.3 cm³/mol. The van der Waals surface area contributed by atoms with Crippen LogP contribution in [0.3, 0.4) is 0 Å². The maximum absolute atomic E-state index is 12.0. The smallest absolute Gasteiger partial charge is 0.335 e. The Morgan fingerprint density at radius 3 is 2.81 bits per heavy atom. The monoisotopic (exact) mass is 303 g/mol. The zero-order chi connectivity index (χ0) is 15.2. The van der Waals surface area contributed by atoms with Crippen LogP contribution in [0.1, 0.15) is 15.9 Å². The van der Waals surface area contributed by atoms with E-state index < -0.39 is 11.5 Å². The van der Waals surface area contributed by atoms with Crippen molar-refractivity contribution in [1.29, 1.82) is 0 Å². The Labute approximate surface area is 125 Å². The molecule has 5 nitrogen and oxygen atoms in total. The van der Waals surface area contributed by atoms with Crippen molar-refractivity contribution in [3.05, 3.63) is 63.2 Å². The lowest BCUT2D eigenvalue weighted by Gasteiger charge is -2.07. The number of halogens is 1. The molecule has 0 bridgehead atoms. The standard InChI is InChI=1S/C15H10ClNO4/c16-12-4-5-13(10(8-12)2-1-7-18)17-15(20)11-3-6-14(19)21-9-11/h3-6,8-9,18H,7H2,(H,17,20). The molecule has 106 valence electrons. The molecule has 0 aliphatic carbocycles. The van der Waals surface area contributed by atoms with Crippen LogP contribution in [0.15, 0.2) is 45.8 Å². The van der Waals surface area contributed by atoms with Gasteiger partial charge in [-0.15, -0.1) is 0 Å². The van der Waals surface area contributed by atoms with Crippen LogP contribution < -0.4 is 10.9 Å². The molecule has 21 heavy (non-hydrogen) atoms. The van der Waals surface area contributed by atoms with Crippen molar-refractivity contribution >= 4 is 23.2 Å². The molecule has 2 aromatic rings. The maximum Gasteiger partial charge on any atom is 0.335 e. The molecule has 0 saturated heterocycles. The first-order chi connectivity index (χ1) is 10.1. The molecule has 2 N–H and O–H groups in total. The van der Waals surface area contributed by atoms with Gasteiger partial charge >= 0.3 is 5.63 Å². The fourth-order valence-corrected chi connectivity index (χ4v) is 1.72. The van der Waals surface area contributed by atoms with E-state index in [1.54, 1.807) is 18.2 Å². The third kappa shape index (κ3) is 3.96. The van der Waals surface area contributed by atoms with Gasteiger partial charge in [-0.05, 0) is 24.3 Å². The summed E-state index contributed by atoms with van der Waals surface area (Å²) in [5.74, 6) is 4.73. The van der Waals surface area contributed by atoms with E-state index in [0.29, 0.717) is 16.3 Å². The minimum absolute atomic E-state index is 0.200. The van der Waals surface area contributed by atoms with Crippen molar-refractivity contribution in [3.8, 4) is 11.8 Å². The van der Waals surface area contributed by atoms with Gasteiger partial charge in [0.05, 0.1) is 11.3 Å². The summed E-state index contributed by atoms with van der Waals surface area (Å²) < 4.78 is 4.63. The molecule has 1 amide bonds. The van der Waals surface area contributed by atoms with Crippen LogP contribution in [-0.2, 0) is 0 Å². The summed E-state index contributed by atoms with van der Waals surface area (Å²) in [4.78, 5) is 22.9. The number of hydrogen-bond acceptors (Lipinski definition) is 4. The number of aliphatic hydroxyl groups excluding tert-OH is 1. The highest BCUT2D eigenvalue weighted by Crippen LogP contribution is 2.20. The average Bonchev–Trinajstić information content (AvgIpc) is 2.48. The van der Waals surface area contributed by atoms with E-state index >= 15 is 0 Å². The van der Waals surface area contributed by atoms with Crippen molar-refractivity contribution in [3.63, 3.8) is 0 Å². The Morgan fingerprint density at radius 2 is 2.14 bits per heavy atom. The Hall–Kier alpha value is -2.55. The average molecular weight is 304 g/mol. The molecule has 0 saturated carbocycles. The van der Waals surface area contributed by atoms with Gasteiger partial charge in [0.25, 0.3) is 5.91 Å². The van der Waals surface area contributed by atoms with Crippen molar-refractivity contribution in [2.24, 2.45) is 0 Å². The van der Waals surface area contributed by atoms with Gasteiger partial charge in [0.1, 0.15) is 12.9 Å². The number of carbonyl (C=O) groups excluding carboxylic acids is 1. The summed E-state index contributed by atoms with van der Waals surface area (Å²) in [5, 5.41) is 11.8. The molecular weight excluding hydrogens is 294 g/mol. The van der Waals surface area contributed by atoms with Crippen molar-refractivity contribution in [2.75, 3.05) is 11.9 Å². The molecule has 1 aromatic carbocycles. The first-order valence-corrected chi connectivity index (χ1v) is 6.27. The van der Waals surface area contributed by atoms with Gasteiger partial charge in [0.2, 0.25) is 0 Å². The van der Waals surface area contributed by atoms with Gasteiger partial charge in [-0.3, -0.25) is 4.79 Å². The maximum atomic E-state index is 12.0. The summed E-state index contributed by atoms with van der Waals surface area (Å²) in [6, 6.07) is 7.29. The predicted octanol–water partition coefficient (Wildman–Crippen LogP) is 1.89. The summed E-state index contributed by atoms with van der Waals surface area (Å²) in [5.41, 5.74) is 0.581. The number of hydrogen-bond donors (Lipinski definition) is 2. The minimum Gasteiger partial charge on any atom is -0.430 e. The Kier molecular flexibility index (Phi) is 4.77. The van der Waals surface area contributed by atoms with Crippen LogP contribution in [0.4, 0.5) is 5.69 Å². The van der Waals surface area contributed by atoms with Crippen LogP contribution in [0.25, 0.3) is 0 Å². The van der Waals surface area contributed by atoms with Crippen LogP contribution in [0, 0.1) is 11.8 Å². The minimum atomic E-state index is -0.535. The van der Waals surface area contributed by atoms with Gasteiger partial charge in [-0.25, -0.2) is 4.79 Å². The normalized spacial score (nSPS) is 9.62. The molecule has 1 aromatic heterocycles. The quantitative estimate of drug-likeness (QED) is 0.830. The Balaban J connectivity index is 2.28. The van der Waals surface area contributed by atoms with Gasteiger partial charge in [0, 0.05) is 16.7 Å². The lowest BCUT2D eigenvalue weighted by molar-refractivity contribution is 0.102. The fourth-order valence-electron chi connectivity index (χ4n) is 1.55. The van der Waals surface area contributed by atoms with E-state index in [9.17, 15) is 9.59 Å². The second-order valence-electron chi connectivity index (χ2n) is 3.95. The van der Waals surface area contributed by atoms with Crippen molar-refractivity contribution in [1.82, 2.24) is 0 Å². The first-order valence-electron chi connectivity index (χ1n) is 5.89. The third-order valence-corrected chi connectivity index (χ3v) is 2.73. The zero-order valence-corrected chi connectivity index (χ0v) is 11.5. The summed E-state index contributed by atoms with van der Waals surface area (Å²) in [7, 11) is 0. The van der Waals surface area contributed by atoms with Crippen LogP contribution in [0.5, 0.6) is 0 Å². The second kappa shape index (κ2) is 6.75. The van der Waals surface area contributed by atoms with Gasteiger partial charge < -0.3 is 14.8 Å². The van der Waals surface area contributed by atoms with Gasteiger partial charge in [0.15, 0.2) is 0 Å². The number of benzene rings is 1. The highest BCUT2D eigenvalue weighted by molar-refractivity contribution is 6.30. The lowest BCUT2D eigenvalue weighted by atomic mass is 10.1. The van der Waals surface area contributed by atoms with Crippen molar-refractivity contribution < 1.29 is 14.3 Å². The summed E-state index contributed by atoms with van der Waals surface area (Å²) in [6.07, 6.45) is 1.08. The van der Waals surface area contributed by atoms with E-state index in [-0.39, 0.29) is 12.2 Å². The number of nitrogens with one attached hydrogen (secondary N) is 1. The zero-order valence-electron chi connectivity index (χ0n) is 10.7. The summed E-state index contributed by atoms with van der Waals surface area (Å²) >= 11 is 5.87. The number of carbonyl (C=O) groups is 1. The van der Waals surface area contributed by atoms with Crippen LogP contribution in [-0.4, -0.2) is 17.6 Å². The third-order valence-electron chi connectivity index (χ3n) is 2.50. The highest BCUT2D eigenvalue weighted by atomic mass is 35.5. The molecule has 0 unspecified atom stereocenters. The Bertz CT molecular complexity index is 766. The largest absolute Gasteiger partial charge is 0.430 e. The molecular formula is C15H10ClNO4. The molecule has 0 atom stereocenters. The topological polar surface area (TPSA) is 79.5 Å². The van der Waals surface area contributed by atoms with E-state index in [4.69, 9.17) is 16.7 Å². The van der Waals surface area contributed by atoms with Gasteiger partial charge in [-0.1, -0.05) is 23.4 Å². The molecule has 1 heterocycles. The molecule has 0 spiro atoms. The van der Waals surface area contributed by atoms with E-state index in [0.717, 1.165) is 12.3 Å². The summed E-state index contributed by atoms with van der Waals surface area (Å²) in [6.45, 7) is -0.302. The highest BCUT2D eigenvalue weighted by Gasteiger charge is 2.09. The van der Waals surface area contributed by atoms with Crippen LogP contribution >= 0.6 is 11.6 Å². The Morgan fingerprint density at radius 1 is 1.33 bits per heavy atom. The van der Waals surface area contributed by atoms with Crippen LogP contribution in [0.2, 0.25) is 5.02 Å². The number of anilines is 1. The van der Waals surface area contributed by atoms with E-state index in [2.05, 4.69) is 21.6 Å². The lowest BCUT2D eigenvalue weighted by Crippen LogP contribution is -2.13. The molecule has 2 rings (SSSR count). The molecule has 6 heteroatoms.